The predicted molar refractivity (Wildman–Crippen MR) is 114 cm³/mol. The van der Waals surface area contributed by atoms with Gasteiger partial charge in [0, 0.05) is 62.5 Å². The molecule has 0 aliphatic carbocycles. The Bertz CT molecular complexity index is 982. The van der Waals surface area contributed by atoms with Crippen LogP contribution < -0.4 is 9.80 Å². The van der Waals surface area contributed by atoms with Crippen LogP contribution in [0.15, 0.2) is 29.0 Å². The lowest BCUT2D eigenvalue weighted by Crippen LogP contribution is -2.46. The van der Waals surface area contributed by atoms with Crippen molar-refractivity contribution in [3.63, 3.8) is 0 Å². The van der Waals surface area contributed by atoms with Crippen molar-refractivity contribution in [1.29, 1.82) is 0 Å². The lowest BCUT2D eigenvalue weighted by atomic mass is 10.1. The normalized spacial score (nSPS) is 18.1. The summed E-state index contributed by atoms with van der Waals surface area (Å²) in [5, 5.41) is 5.26. The topological polar surface area (TPSA) is 61.5 Å². The largest absolute Gasteiger partial charge is 0.369 e. The number of hydrogen-bond acceptors (Lipinski definition) is 7. The summed E-state index contributed by atoms with van der Waals surface area (Å²) in [5.41, 5.74) is 4.54. The van der Waals surface area contributed by atoms with Gasteiger partial charge in [-0.15, -0.1) is 0 Å². The van der Waals surface area contributed by atoms with Crippen LogP contribution in [0.4, 0.5) is 11.5 Å². The molecule has 2 aromatic heterocycles. The van der Waals surface area contributed by atoms with Crippen molar-refractivity contribution >= 4 is 22.4 Å². The molecule has 29 heavy (non-hydrogen) atoms. The standard InChI is InChI=1S/C22H28N6O/c1-16-20(17(2)29-25-16)14-26-9-11-27(12-10-26)18-5-6-21-19(13-18)22(24-15-23-21)28-7-3-4-8-28/h5-6,13,15H,3-4,7-12,14H2,1-2H3. The summed E-state index contributed by atoms with van der Waals surface area (Å²) < 4.78 is 5.32. The second-order valence-corrected chi connectivity index (χ2v) is 8.16. The zero-order valence-corrected chi connectivity index (χ0v) is 17.3. The maximum Gasteiger partial charge on any atom is 0.139 e. The molecule has 0 radical (unpaired) electrons. The second kappa shape index (κ2) is 7.63. The van der Waals surface area contributed by atoms with Gasteiger partial charge in [0.2, 0.25) is 0 Å². The number of aryl methyl sites for hydroxylation is 2. The van der Waals surface area contributed by atoms with Gasteiger partial charge in [0.05, 0.1) is 11.2 Å². The molecule has 1 aromatic carbocycles. The van der Waals surface area contributed by atoms with Gasteiger partial charge in [-0.1, -0.05) is 5.16 Å². The summed E-state index contributed by atoms with van der Waals surface area (Å²) in [4.78, 5) is 16.5. The molecule has 7 heteroatoms. The van der Waals surface area contributed by atoms with Gasteiger partial charge in [0.25, 0.3) is 0 Å². The van der Waals surface area contributed by atoms with Gasteiger partial charge in [-0.2, -0.15) is 0 Å². The van der Waals surface area contributed by atoms with Crippen molar-refractivity contribution in [3.05, 3.63) is 41.5 Å². The molecule has 4 heterocycles. The van der Waals surface area contributed by atoms with Crippen LogP contribution in [0.1, 0.15) is 29.9 Å². The molecule has 0 unspecified atom stereocenters. The highest BCUT2D eigenvalue weighted by Crippen LogP contribution is 2.30. The summed E-state index contributed by atoms with van der Waals surface area (Å²) in [6.45, 7) is 11.2. The highest BCUT2D eigenvalue weighted by molar-refractivity contribution is 5.92. The summed E-state index contributed by atoms with van der Waals surface area (Å²) in [6.07, 6.45) is 4.19. The Balaban J connectivity index is 1.32. The average Bonchev–Trinajstić information content (AvgIpc) is 3.39. The molecule has 0 spiro atoms. The first-order chi connectivity index (χ1) is 14.2. The molecule has 0 atom stereocenters. The highest BCUT2D eigenvalue weighted by atomic mass is 16.5. The first kappa shape index (κ1) is 18.4. The highest BCUT2D eigenvalue weighted by Gasteiger charge is 2.22. The number of nitrogens with zero attached hydrogens (tertiary/aromatic N) is 6. The molecule has 0 amide bonds. The molecular formula is C22H28N6O. The van der Waals surface area contributed by atoms with E-state index in [0.29, 0.717) is 0 Å². The van der Waals surface area contributed by atoms with Crippen LogP contribution in [0.5, 0.6) is 0 Å². The van der Waals surface area contributed by atoms with E-state index in [1.165, 1.54) is 29.5 Å². The first-order valence-electron chi connectivity index (χ1n) is 10.6. The third kappa shape index (κ3) is 3.55. The average molecular weight is 393 g/mol. The van der Waals surface area contributed by atoms with Crippen LogP contribution in [-0.2, 0) is 6.54 Å². The van der Waals surface area contributed by atoms with Gasteiger partial charge >= 0.3 is 0 Å². The molecule has 5 rings (SSSR count). The molecule has 2 aliphatic heterocycles. The van der Waals surface area contributed by atoms with Crippen molar-refractivity contribution < 1.29 is 4.52 Å². The van der Waals surface area contributed by atoms with Gasteiger partial charge in [-0.25, -0.2) is 9.97 Å². The van der Waals surface area contributed by atoms with Crippen LogP contribution in [0, 0.1) is 13.8 Å². The monoisotopic (exact) mass is 392 g/mol. The molecule has 152 valence electrons. The van der Waals surface area contributed by atoms with Crippen molar-refractivity contribution in [3.8, 4) is 0 Å². The predicted octanol–water partition coefficient (Wildman–Crippen LogP) is 3.16. The zero-order chi connectivity index (χ0) is 19.8. The van der Waals surface area contributed by atoms with Crippen LogP contribution in [-0.4, -0.2) is 59.3 Å². The maximum atomic E-state index is 5.32. The lowest BCUT2D eigenvalue weighted by Gasteiger charge is -2.36. The SMILES string of the molecule is Cc1noc(C)c1CN1CCN(c2ccc3ncnc(N4CCCC4)c3c2)CC1. The van der Waals surface area contributed by atoms with E-state index in [0.717, 1.165) is 68.6 Å². The number of anilines is 2. The molecule has 2 saturated heterocycles. The number of aromatic nitrogens is 3. The molecule has 0 saturated carbocycles. The number of rotatable bonds is 4. The fraction of sp³-hybridized carbons (Fsp3) is 0.500. The third-order valence-corrected chi connectivity index (χ3v) is 6.30. The number of piperazine rings is 1. The summed E-state index contributed by atoms with van der Waals surface area (Å²) in [7, 11) is 0. The number of fused-ring (bicyclic) bond motifs is 1. The second-order valence-electron chi connectivity index (χ2n) is 8.16. The summed E-state index contributed by atoms with van der Waals surface area (Å²) in [6, 6.07) is 6.63. The van der Waals surface area contributed by atoms with Gasteiger partial charge in [0.15, 0.2) is 0 Å². The van der Waals surface area contributed by atoms with E-state index in [2.05, 4.69) is 48.0 Å². The van der Waals surface area contributed by atoms with Crippen molar-refractivity contribution in [1.82, 2.24) is 20.0 Å². The van der Waals surface area contributed by atoms with E-state index < -0.39 is 0 Å². The molecule has 0 bridgehead atoms. The van der Waals surface area contributed by atoms with Gasteiger partial charge in [-0.05, 0) is 44.9 Å². The van der Waals surface area contributed by atoms with E-state index in [4.69, 9.17) is 4.52 Å². The smallest absolute Gasteiger partial charge is 0.139 e. The minimum absolute atomic E-state index is 0.916. The molecule has 0 N–H and O–H groups in total. The van der Waals surface area contributed by atoms with Gasteiger partial charge < -0.3 is 14.3 Å². The van der Waals surface area contributed by atoms with Crippen LogP contribution in [0.25, 0.3) is 10.9 Å². The van der Waals surface area contributed by atoms with Crippen molar-refractivity contribution in [2.45, 2.75) is 33.2 Å². The fourth-order valence-electron chi connectivity index (χ4n) is 4.52. The van der Waals surface area contributed by atoms with E-state index >= 15 is 0 Å². The Kier molecular flexibility index (Phi) is 4.83. The summed E-state index contributed by atoms with van der Waals surface area (Å²) in [5.74, 6) is 2.03. The molecular weight excluding hydrogens is 364 g/mol. The Labute approximate surface area is 171 Å². The molecule has 2 aliphatic rings. The van der Waals surface area contributed by atoms with Crippen LogP contribution in [0.2, 0.25) is 0 Å². The van der Waals surface area contributed by atoms with E-state index in [-0.39, 0.29) is 0 Å². The lowest BCUT2D eigenvalue weighted by molar-refractivity contribution is 0.248. The fourth-order valence-corrected chi connectivity index (χ4v) is 4.52. The molecule has 2 fully saturated rings. The van der Waals surface area contributed by atoms with Gasteiger partial charge in [-0.3, -0.25) is 4.90 Å². The molecule has 7 nitrogen and oxygen atoms in total. The van der Waals surface area contributed by atoms with E-state index in [1.807, 2.05) is 13.8 Å². The zero-order valence-electron chi connectivity index (χ0n) is 17.3. The van der Waals surface area contributed by atoms with Crippen molar-refractivity contribution in [2.24, 2.45) is 0 Å². The van der Waals surface area contributed by atoms with Crippen molar-refractivity contribution in [2.75, 3.05) is 49.1 Å². The van der Waals surface area contributed by atoms with Crippen LogP contribution in [0.3, 0.4) is 0 Å². The number of hydrogen-bond donors (Lipinski definition) is 0. The molecule has 3 aromatic rings. The van der Waals surface area contributed by atoms with Crippen LogP contribution >= 0.6 is 0 Å². The summed E-state index contributed by atoms with van der Waals surface area (Å²) >= 11 is 0. The quantitative estimate of drug-likeness (QED) is 0.676. The minimum Gasteiger partial charge on any atom is -0.369 e. The van der Waals surface area contributed by atoms with E-state index in [1.54, 1.807) is 6.33 Å². The Morgan fingerprint density at radius 1 is 0.931 bits per heavy atom. The Morgan fingerprint density at radius 3 is 2.45 bits per heavy atom. The van der Waals surface area contributed by atoms with Gasteiger partial charge in [0.1, 0.15) is 17.9 Å². The third-order valence-electron chi connectivity index (χ3n) is 6.30. The Hall–Kier alpha value is -2.67. The maximum absolute atomic E-state index is 5.32. The number of benzene rings is 1. The minimum atomic E-state index is 0.916. The first-order valence-corrected chi connectivity index (χ1v) is 10.6. The Morgan fingerprint density at radius 2 is 1.72 bits per heavy atom. The van der Waals surface area contributed by atoms with E-state index in [9.17, 15) is 0 Å².